The van der Waals surface area contributed by atoms with Crippen molar-refractivity contribution in [3.05, 3.63) is 71.4 Å². The Morgan fingerprint density at radius 2 is 1.87 bits per heavy atom. The molecule has 0 aliphatic rings. The average molecular weight is 421 g/mol. The molecule has 0 aliphatic heterocycles. The van der Waals surface area contributed by atoms with Crippen molar-refractivity contribution in [2.24, 2.45) is 0 Å². The number of anilines is 1. The van der Waals surface area contributed by atoms with Gasteiger partial charge in [0.05, 0.1) is 16.8 Å². The van der Waals surface area contributed by atoms with Gasteiger partial charge in [0.25, 0.3) is 5.91 Å². The first kappa shape index (κ1) is 21.1. The Bertz CT molecular complexity index is 1100. The Labute approximate surface area is 178 Å². The molecule has 0 spiro atoms. The van der Waals surface area contributed by atoms with E-state index in [9.17, 15) is 14.9 Å². The molecule has 0 saturated carbocycles. The molecule has 30 heavy (non-hydrogen) atoms. The number of amides is 1. The highest BCUT2D eigenvalue weighted by atomic mass is 32.2. The van der Waals surface area contributed by atoms with Gasteiger partial charge in [0.2, 0.25) is 5.88 Å². The molecule has 0 aliphatic carbocycles. The number of aromatic nitrogens is 1. The molecule has 3 rings (SSSR count). The molecule has 8 heteroatoms. The maximum atomic E-state index is 12.5. The van der Waals surface area contributed by atoms with Crippen LogP contribution in [0.1, 0.15) is 41.4 Å². The number of hydrogen-bond donors (Lipinski definition) is 1. The lowest BCUT2D eigenvalue weighted by atomic mass is 10.1. The third-order valence-corrected chi connectivity index (χ3v) is 5.20. The van der Waals surface area contributed by atoms with E-state index in [0.29, 0.717) is 21.7 Å². The molecule has 0 radical (unpaired) electrons. The highest BCUT2D eigenvalue weighted by Crippen LogP contribution is 2.32. The number of carbonyl (C=O) groups is 2. The van der Waals surface area contributed by atoms with E-state index < -0.39 is 18.5 Å². The highest BCUT2D eigenvalue weighted by Gasteiger charge is 2.17. The molecule has 0 saturated heterocycles. The molecule has 0 unspecified atom stereocenters. The van der Waals surface area contributed by atoms with Gasteiger partial charge in [0, 0.05) is 15.9 Å². The summed E-state index contributed by atoms with van der Waals surface area (Å²) >= 11 is 1.29. The Hall–Kier alpha value is -3.57. The average Bonchev–Trinajstić information content (AvgIpc) is 3.21. The molecule has 3 aromatic rings. The van der Waals surface area contributed by atoms with E-state index in [0.717, 1.165) is 4.90 Å². The van der Waals surface area contributed by atoms with Gasteiger partial charge < -0.3 is 9.26 Å². The molecular formula is C22H19N3O4S. The lowest BCUT2D eigenvalue weighted by molar-refractivity contribution is -0.119. The predicted octanol–water partition coefficient (Wildman–Crippen LogP) is 4.62. The maximum absolute atomic E-state index is 12.5. The third kappa shape index (κ3) is 5.27. The quantitative estimate of drug-likeness (QED) is 0.555. The van der Waals surface area contributed by atoms with Gasteiger partial charge >= 0.3 is 5.97 Å². The monoisotopic (exact) mass is 421 g/mol. The van der Waals surface area contributed by atoms with Crippen molar-refractivity contribution in [3.8, 4) is 6.07 Å². The predicted molar refractivity (Wildman–Crippen MR) is 111 cm³/mol. The van der Waals surface area contributed by atoms with E-state index in [2.05, 4.69) is 16.5 Å². The molecular weight excluding hydrogens is 402 g/mol. The van der Waals surface area contributed by atoms with Crippen LogP contribution in [0.3, 0.4) is 0 Å². The summed E-state index contributed by atoms with van der Waals surface area (Å²) in [5, 5.41) is 15.6. The van der Waals surface area contributed by atoms with E-state index >= 15 is 0 Å². The van der Waals surface area contributed by atoms with Gasteiger partial charge in [0.15, 0.2) is 6.61 Å². The molecule has 1 amide bonds. The fraction of sp³-hybridized carbons (Fsp3) is 0.182. The first-order valence-corrected chi connectivity index (χ1v) is 9.99. The fourth-order valence-electron chi connectivity index (χ4n) is 2.49. The third-order valence-electron chi connectivity index (χ3n) is 4.05. The molecule has 7 nitrogen and oxygen atoms in total. The zero-order valence-electron chi connectivity index (χ0n) is 16.4. The minimum absolute atomic E-state index is 0.164. The van der Waals surface area contributed by atoms with Crippen molar-refractivity contribution in [1.29, 1.82) is 5.26 Å². The Kier molecular flexibility index (Phi) is 6.88. The van der Waals surface area contributed by atoms with Gasteiger partial charge in [-0.05, 0) is 30.2 Å². The van der Waals surface area contributed by atoms with E-state index in [1.165, 1.54) is 11.8 Å². The summed E-state index contributed by atoms with van der Waals surface area (Å²) in [6.45, 7) is 3.44. The number of ether oxygens (including phenoxy) is 1. The van der Waals surface area contributed by atoms with Crippen molar-refractivity contribution in [1.82, 2.24) is 5.16 Å². The lowest BCUT2D eigenvalue weighted by Gasteiger charge is -2.10. The van der Waals surface area contributed by atoms with Crippen LogP contribution in [0.25, 0.3) is 0 Å². The molecule has 0 atom stereocenters. The minimum atomic E-state index is -0.636. The van der Waals surface area contributed by atoms with Gasteiger partial charge in [-0.2, -0.15) is 5.26 Å². The summed E-state index contributed by atoms with van der Waals surface area (Å²) in [5.41, 5.74) is 1.54. The van der Waals surface area contributed by atoms with Crippen LogP contribution in [-0.4, -0.2) is 23.6 Å². The van der Waals surface area contributed by atoms with E-state index in [1.54, 1.807) is 42.5 Å². The lowest BCUT2D eigenvalue weighted by Crippen LogP contribution is -2.21. The molecule has 1 aromatic heterocycles. The first-order chi connectivity index (χ1) is 14.5. The molecule has 1 heterocycles. The van der Waals surface area contributed by atoms with Crippen LogP contribution in [0, 0.1) is 11.3 Å². The van der Waals surface area contributed by atoms with E-state index in [-0.39, 0.29) is 11.8 Å². The summed E-state index contributed by atoms with van der Waals surface area (Å²) in [7, 11) is 0. The number of benzene rings is 2. The van der Waals surface area contributed by atoms with Crippen molar-refractivity contribution in [3.63, 3.8) is 0 Å². The summed E-state index contributed by atoms with van der Waals surface area (Å²) in [6, 6.07) is 17.7. The van der Waals surface area contributed by atoms with Crippen LogP contribution in [0.2, 0.25) is 0 Å². The highest BCUT2D eigenvalue weighted by molar-refractivity contribution is 7.99. The second-order valence-electron chi connectivity index (χ2n) is 6.60. The molecule has 2 aromatic carbocycles. The number of nitriles is 1. The summed E-state index contributed by atoms with van der Waals surface area (Å²) in [4.78, 5) is 26.0. The molecule has 152 valence electrons. The molecule has 0 bridgehead atoms. The first-order valence-electron chi connectivity index (χ1n) is 9.17. The largest absolute Gasteiger partial charge is 0.452 e. The van der Waals surface area contributed by atoms with Crippen LogP contribution in [0.15, 0.2) is 68.9 Å². The molecule has 1 N–H and O–H groups in total. The zero-order chi connectivity index (χ0) is 21.5. The Morgan fingerprint density at radius 1 is 1.17 bits per heavy atom. The van der Waals surface area contributed by atoms with E-state index in [1.807, 2.05) is 26.0 Å². The van der Waals surface area contributed by atoms with Gasteiger partial charge in [-0.3, -0.25) is 10.1 Å². The van der Waals surface area contributed by atoms with Crippen molar-refractivity contribution >= 4 is 29.5 Å². The second kappa shape index (κ2) is 9.76. The summed E-state index contributed by atoms with van der Waals surface area (Å²) < 4.78 is 10.2. The summed E-state index contributed by atoms with van der Waals surface area (Å²) in [6.07, 6.45) is 0. The maximum Gasteiger partial charge on any atom is 0.339 e. The number of hydrogen-bond acceptors (Lipinski definition) is 7. The fourth-order valence-corrected chi connectivity index (χ4v) is 3.51. The number of carbonyl (C=O) groups excluding carboxylic acids is 2. The van der Waals surface area contributed by atoms with Crippen molar-refractivity contribution in [2.75, 3.05) is 11.9 Å². The number of nitrogens with one attached hydrogen (secondary N) is 1. The Balaban J connectivity index is 1.64. The zero-order valence-corrected chi connectivity index (χ0v) is 17.2. The van der Waals surface area contributed by atoms with Crippen LogP contribution in [0.5, 0.6) is 0 Å². The smallest absolute Gasteiger partial charge is 0.339 e. The van der Waals surface area contributed by atoms with Crippen LogP contribution in [0.4, 0.5) is 5.88 Å². The standard InChI is InChI=1S/C22H19N3O4S/c1-14(2)17-11-21(29-25-17)24-20(26)13-28-22(27)16-8-4-6-10-19(16)30-18-9-5-3-7-15(18)12-23/h3-11,14H,13H2,1-2H3,(H,24,26). The van der Waals surface area contributed by atoms with Crippen molar-refractivity contribution < 1.29 is 18.8 Å². The SMILES string of the molecule is CC(C)c1cc(NC(=O)COC(=O)c2ccccc2Sc2ccccc2C#N)on1. The second-order valence-corrected chi connectivity index (χ2v) is 7.68. The van der Waals surface area contributed by atoms with Crippen molar-refractivity contribution in [2.45, 2.75) is 29.6 Å². The van der Waals surface area contributed by atoms with Crippen LogP contribution < -0.4 is 5.32 Å². The van der Waals surface area contributed by atoms with Gasteiger partial charge in [0.1, 0.15) is 6.07 Å². The van der Waals surface area contributed by atoms with E-state index in [4.69, 9.17) is 9.26 Å². The minimum Gasteiger partial charge on any atom is -0.452 e. The number of rotatable bonds is 7. The van der Waals surface area contributed by atoms with Crippen LogP contribution in [-0.2, 0) is 9.53 Å². The number of esters is 1. The van der Waals surface area contributed by atoms with Crippen LogP contribution >= 0.6 is 11.8 Å². The number of nitrogens with zero attached hydrogens (tertiary/aromatic N) is 2. The summed E-state index contributed by atoms with van der Waals surface area (Å²) in [5.74, 6) is -0.806. The van der Waals surface area contributed by atoms with Gasteiger partial charge in [-0.15, -0.1) is 0 Å². The normalized spacial score (nSPS) is 10.5. The van der Waals surface area contributed by atoms with Gasteiger partial charge in [-0.25, -0.2) is 4.79 Å². The van der Waals surface area contributed by atoms with Gasteiger partial charge in [-0.1, -0.05) is 55.0 Å². The Morgan fingerprint density at radius 3 is 2.57 bits per heavy atom. The molecule has 0 fully saturated rings. The topological polar surface area (TPSA) is 105 Å².